The predicted octanol–water partition coefficient (Wildman–Crippen LogP) is 3.08. The van der Waals surface area contributed by atoms with Crippen LogP contribution >= 0.6 is 0 Å². The Bertz CT molecular complexity index is 1700. The highest BCUT2D eigenvalue weighted by molar-refractivity contribution is 7.89. The van der Waals surface area contributed by atoms with Gasteiger partial charge in [-0.25, -0.2) is 17.9 Å². The number of hydrogen-bond donors (Lipinski definition) is 0. The average Bonchev–Trinajstić information content (AvgIpc) is 3.70. The summed E-state index contributed by atoms with van der Waals surface area (Å²) in [6, 6.07) is 14.1. The molecule has 0 bridgehead atoms. The van der Waals surface area contributed by atoms with E-state index in [4.69, 9.17) is 9.15 Å². The molecule has 4 heterocycles. The van der Waals surface area contributed by atoms with Crippen molar-refractivity contribution in [2.75, 3.05) is 51.6 Å². The summed E-state index contributed by atoms with van der Waals surface area (Å²) in [5.41, 5.74) is 0.292. The Morgan fingerprint density at radius 2 is 1.77 bits per heavy atom. The molecule has 0 spiro atoms. The molecular weight excluding hydrogens is 601 g/mol. The lowest BCUT2D eigenvalue weighted by Crippen LogP contribution is -2.52. The minimum absolute atomic E-state index is 0.00366. The molecule has 0 aliphatic carbocycles. The number of nitrogens with zero attached hydrogens (tertiary/aromatic N) is 6. The van der Waals surface area contributed by atoms with Gasteiger partial charge in [0.15, 0.2) is 0 Å². The van der Waals surface area contributed by atoms with Gasteiger partial charge in [0, 0.05) is 50.7 Å². The zero-order valence-electron chi connectivity index (χ0n) is 23.7. The first-order valence-electron chi connectivity index (χ1n) is 14.2. The van der Waals surface area contributed by atoms with E-state index in [1.165, 1.54) is 33.4 Å². The van der Waals surface area contributed by atoms with Crippen LogP contribution in [0.4, 0.5) is 13.2 Å². The number of carbonyl (C=O) groups is 1. The van der Waals surface area contributed by atoms with E-state index in [1.807, 2.05) is 18.2 Å². The number of esters is 1. The van der Waals surface area contributed by atoms with Crippen LogP contribution in [-0.2, 0) is 34.0 Å². The summed E-state index contributed by atoms with van der Waals surface area (Å²) in [6.45, 7) is 3.65. The lowest BCUT2D eigenvalue weighted by molar-refractivity contribution is -0.138. The number of benzene rings is 2. The Morgan fingerprint density at radius 3 is 2.55 bits per heavy atom. The van der Waals surface area contributed by atoms with Gasteiger partial charge in [-0.15, -0.1) is 5.10 Å². The van der Waals surface area contributed by atoms with E-state index in [0.717, 1.165) is 11.5 Å². The fourth-order valence-electron chi connectivity index (χ4n) is 5.68. The van der Waals surface area contributed by atoms with E-state index < -0.39 is 27.7 Å². The zero-order valence-corrected chi connectivity index (χ0v) is 24.5. The fraction of sp³-hybridized carbons (Fsp3) is 0.414. The lowest BCUT2D eigenvalue weighted by atomic mass is 10.1. The van der Waals surface area contributed by atoms with Crippen LogP contribution in [0.15, 0.2) is 65.2 Å². The molecule has 4 aromatic rings. The minimum Gasteiger partial charge on any atom is -0.458 e. The number of piperazine rings is 1. The van der Waals surface area contributed by atoms with Crippen molar-refractivity contribution in [1.82, 2.24) is 29.1 Å². The summed E-state index contributed by atoms with van der Waals surface area (Å²) in [5.74, 6) is -0.366. The van der Waals surface area contributed by atoms with Crippen LogP contribution in [0.2, 0.25) is 0 Å². The van der Waals surface area contributed by atoms with Crippen LogP contribution in [0.3, 0.4) is 0 Å². The summed E-state index contributed by atoms with van der Waals surface area (Å²) in [7, 11) is -3.55. The third kappa shape index (κ3) is 6.80. The van der Waals surface area contributed by atoms with Crippen LogP contribution in [0.5, 0.6) is 0 Å². The van der Waals surface area contributed by atoms with Gasteiger partial charge in [0.25, 0.3) is 0 Å². The van der Waals surface area contributed by atoms with Crippen LogP contribution in [0, 0.1) is 0 Å². The number of sulfonamides is 1. The summed E-state index contributed by atoms with van der Waals surface area (Å²) < 4.78 is 79.6. The van der Waals surface area contributed by atoms with Crippen molar-refractivity contribution in [3.8, 4) is 0 Å². The number of aromatic nitrogens is 3. The van der Waals surface area contributed by atoms with E-state index in [2.05, 4.69) is 20.1 Å². The van der Waals surface area contributed by atoms with Crippen molar-refractivity contribution in [2.45, 2.75) is 25.3 Å². The van der Waals surface area contributed by atoms with Crippen molar-refractivity contribution >= 4 is 27.0 Å². The molecule has 44 heavy (non-hydrogen) atoms. The second kappa shape index (κ2) is 12.3. The molecule has 1 unspecified atom stereocenters. The molecule has 15 heteroatoms. The third-order valence-corrected chi connectivity index (χ3v) is 9.85. The number of fused-ring (bicyclic) bond motifs is 1. The van der Waals surface area contributed by atoms with Gasteiger partial charge < -0.3 is 9.15 Å². The molecule has 6 rings (SSSR count). The SMILES string of the molecule is O=C(OCCN1CCN(C2CN(Cc3cn(Cc4ccccc4C(F)(F)F)nn3)S(=O)(=O)C2)CC1)c1cc2ccccc2o1. The van der Waals surface area contributed by atoms with Crippen molar-refractivity contribution in [3.63, 3.8) is 0 Å². The maximum Gasteiger partial charge on any atom is 0.416 e. The zero-order chi connectivity index (χ0) is 30.9. The highest BCUT2D eigenvalue weighted by atomic mass is 32.2. The molecule has 2 aliphatic rings. The third-order valence-electron chi connectivity index (χ3n) is 7.98. The average molecular weight is 633 g/mol. The standard InChI is InChI=1S/C29H31F3N6O5S/c30-29(31,32)25-7-3-1-6-22(25)16-37-17-23(33-34-37)18-38-19-24(20-44(38,40)41)36-11-9-35(10-12-36)13-14-42-28(39)27-15-21-5-2-4-8-26(21)43-27/h1-8,15,17,24H,9-14,16,18-20H2. The van der Waals surface area contributed by atoms with E-state index in [9.17, 15) is 26.4 Å². The molecule has 0 saturated carbocycles. The smallest absolute Gasteiger partial charge is 0.416 e. The number of rotatable bonds is 9. The number of halogens is 3. The summed E-state index contributed by atoms with van der Waals surface area (Å²) in [6.07, 6.45) is -3.01. The molecule has 0 N–H and O–H groups in total. The largest absolute Gasteiger partial charge is 0.458 e. The molecule has 0 radical (unpaired) electrons. The van der Waals surface area contributed by atoms with Crippen LogP contribution in [0.1, 0.15) is 27.4 Å². The highest BCUT2D eigenvalue weighted by Crippen LogP contribution is 2.32. The van der Waals surface area contributed by atoms with E-state index in [1.54, 1.807) is 12.1 Å². The Morgan fingerprint density at radius 1 is 1.02 bits per heavy atom. The van der Waals surface area contributed by atoms with Crippen LogP contribution in [0.25, 0.3) is 11.0 Å². The maximum absolute atomic E-state index is 13.4. The monoisotopic (exact) mass is 632 g/mol. The highest BCUT2D eigenvalue weighted by Gasteiger charge is 2.40. The Hall–Kier alpha value is -3.79. The number of hydrogen-bond acceptors (Lipinski definition) is 9. The number of ether oxygens (including phenoxy) is 1. The van der Waals surface area contributed by atoms with Crippen molar-refractivity contribution in [1.29, 1.82) is 0 Å². The van der Waals surface area contributed by atoms with Crippen molar-refractivity contribution in [3.05, 3.63) is 83.4 Å². The summed E-state index contributed by atoms with van der Waals surface area (Å²) in [5, 5.41) is 8.78. The fourth-order valence-corrected chi connectivity index (χ4v) is 7.43. The Labute approximate surface area is 251 Å². The van der Waals surface area contributed by atoms with Crippen molar-refractivity contribution in [2.24, 2.45) is 0 Å². The summed E-state index contributed by atoms with van der Waals surface area (Å²) >= 11 is 0. The second-order valence-corrected chi connectivity index (χ2v) is 13.0. The Balaban J connectivity index is 0.968. The molecule has 0 amide bonds. The van der Waals surface area contributed by atoms with Gasteiger partial charge in [-0.1, -0.05) is 41.6 Å². The quantitative estimate of drug-likeness (QED) is 0.257. The van der Waals surface area contributed by atoms with Crippen LogP contribution in [-0.4, -0.2) is 101 Å². The molecule has 1 atom stereocenters. The molecule has 2 fully saturated rings. The van der Waals surface area contributed by atoms with E-state index >= 15 is 0 Å². The lowest BCUT2D eigenvalue weighted by Gasteiger charge is -2.37. The minimum atomic E-state index is -4.49. The van der Waals surface area contributed by atoms with E-state index in [0.29, 0.717) is 50.5 Å². The predicted molar refractivity (Wildman–Crippen MR) is 153 cm³/mol. The van der Waals surface area contributed by atoms with Gasteiger partial charge in [0.2, 0.25) is 15.8 Å². The molecular formula is C29H31F3N6O5S. The van der Waals surface area contributed by atoms with Gasteiger partial charge in [0.1, 0.15) is 12.2 Å². The number of carbonyl (C=O) groups excluding carboxylic acids is 1. The topological polar surface area (TPSA) is 114 Å². The first-order chi connectivity index (χ1) is 21.0. The summed E-state index contributed by atoms with van der Waals surface area (Å²) in [4.78, 5) is 16.7. The first-order valence-corrected chi connectivity index (χ1v) is 15.8. The normalized spacial score (nSPS) is 19.9. The number of para-hydroxylation sites is 1. The van der Waals surface area contributed by atoms with Gasteiger partial charge in [-0.2, -0.15) is 17.5 Å². The molecule has 2 aliphatic heterocycles. The molecule has 2 aromatic carbocycles. The van der Waals surface area contributed by atoms with E-state index in [-0.39, 0.29) is 42.8 Å². The number of furan rings is 1. The molecule has 234 valence electrons. The first kappa shape index (κ1) is 30.2. The van der Waals surface area contributed by atoms with Gasteiger partial charge in [-0.3, -0.25) is 9.80 Å². The molecule has 2 saturated heterocycles. The Kier molecular flexibility index (Phi) is 8.46. The van der Waals surface area contributed by atoms with Gasteiger partial charge in [-0.05, 0) is 23.8 Å². The second-order valence-electron chi connectivity index (χ2n) is 10.9. The number of alkyl halides is 3. The maximum atomic E-state index is 13.4. The molecule has 11 nitrogen and oxygen atoms in total. The molecule has 2 aromatic heterocycles. The van der Waals surface area contributed by atoms with Gasteiger partial charge in [0.05, 0.1) is 36.3 Å². The van der Waals surface area contributed by atoms with Crippen LogP contribution < -0.4 is 0 Å². The van der Waals surface area contributed by atoms with Gasteiger partial charge >= 0.3 is 12.1 Å². The van der Waals surface area contributed by atoms with Crippen molar-refractivity contribution < 1.29 is 35.5 Å².